The average molecular weight is 278 g/mol. The fraction of sp³-hybridized carbons (Fsp3) is 0.562. The molecule has 2 rings (SSSR count). The summed E-state index contributed by atoms with van der Waals surface area (Å²) in [4.78, 5) is 14.2. The van der Waals surface area contributed by atoms with Crippen molar-refractivity contribution in [3.05, 3.63) is 34.6 Å². The summed E-state index contributed by atoms with van der Waals surface area (Å²) in [6.07, 6.45) is 1.92. The lowest BCUT2D eigenvalue weighted by Gasteiger charge is -2.32. The van der Waals surface area contributed by atoms with Gasteiger partial charge in [0.2, 0.25) is 5.91 Å². The van der Waals surface area contributed by atoms with Crippen molar-refractivity contribution in [3.8, 4) is 0 Å². The van der Waals surface area contributed by atoms with Crippen molar-refractivity contribution in [2.24, 2.45) is 0 Å². The van der Waals surface area contributed by atoms with Gasteiger partial charge in [0.15, 0.2) is 0 Å². The number of benzene rings is 1. The largest absolute Gasteiger partial charge is 0.337 e. The predicted molar refractivity (Wildman–Crippen MR) is 78.0 cm³/mol. The summed E-state index contributed by atoms with van der Waals surface area (Å²) in [5, 5.41) is 3.23. The van der Waals surface area contributed by atoms with Crippen LogP contribution in [0.25, 0.3) is 0 Å². The summed E-state index contributed by atoms with van der Waals surface area (Å²) < 4.78 is 13.6. The van der Waals surface area contributed by atoms with E-state index in [1.54, 1.807) is 13.8 Å². The van der Waals surface area contributed by atoms with Gasteiger partial charge >= 0.3 is 0 Å². The Balaban J connectivity index is 2.11. The molecule has 0 saturated carbocycles. The highest BCUT2D eigenvalue weighted by Crippen LogP contribution is 2.19. The van der Waals surface area contributed by atoms with Crippen LogP contribution < -0.4 is 5.32 Å². The number of likely N-dealkylation sites (tertiary alicyclic amines) is 1. The number of hydrogen-bond donors (Lipinski definition) is 1. The minimum Gasteiger partial charge on any atom is -0.337 e. The number of amides is 1. The molecule has 0 spiro atoms. The normalized spacial score (nSPS) is 19.5. The van der Waals surface area contributed by atoms with Crippen molar-refractivity contribution in [1.29, 1.82) is 0 Å². The first kappa shape index (κ1) is 15.0. The molecule has 4 heteroatoms. The van der Waals surface area contributed by atoms with Gasteiger partial charge in [-0.25, -0.2) is 4.39 Å². The second-order valence-corrected chi connectivity index (χ2v) is 5.56. The van der Waals surface area contributed by atoms with Gasteiger partial charge in [-0.05, 0) is 49.9 Å². The van der Waals surface area contributed by atoms with E-state index in [1.165, 1.54) is 0 Å². The summed E-state index contributed by atoms with van der Waals surface area (Å²) in [6, 6.07) is 3.62. The van der Waals surface area contributed by atoms with E-state index in [9.17, 15) is 9.18 Å². The van der Waals surface area contributed by atoms with Gasteiger partial charge in [-0.2, -0.15) is 0 Å². The summed E-state index contributed by atoms with van der Waals surface area (Å²) >= 11 is 0. The maximum Gasteiger partial charge on any atom is 0.240 e. The van der Waals surface area contributed by atoms with Crippen molar-refractivity contribution in [1.82, 2.24) is 10.2 Å². The van der Waals surface area contributed by atoms with Crippen LogP contribution in [0.2, 0.25) is 0 Å². The molecular weight excluding hydrogens is 255 g/mol. The van der Waals surface area contributed by atoms with E-state index in [0.717, 1.165) is 31.5 Å². The number of carbonyl (C=O) groups excluding carboxylic acids is 1. The molecule has 1 amide bonds. The molecule has 1 heterocycles. The maximum atomic E-state index is 13.6. The van der Waals surface area contributed by atoms with E-state index in [4.69, 9.17) is 0 Å². The van der Waals surface area contributed by atoms with Crippen LogP contribution in [0.15, 0.2) is 12.1 Å². The smallest absolute Gasteiger partial charge is 0.240 e. The summed E-state index contributed by atoms with van der Waals surface area (Å²) in [5.41, 5.74) is 2.30. The first-order valence-corrected chi connectivity index (χ1v) is 7.30. The number of nitrogens with one attached hydrogen (secondary N) is 1. The number of aryl methyl sites for hydroxylation is 2. The topological polar surface area (TPSA) is 32.3 Å². The van der Waals surface area contributed by atoms with Gasteiger partial charge in [-0.1, -0.05) is 19.1 Å². The number of halogens is 1. The van der Waals surface area contributed by atoms with Crippen LogP contribution in [0.4, 0.5) is 4.39 Å². The summed E-state index contributed by atoms with van der Waals surface area (Å²) in [6.45, 7) is 7.72. The molecule has 1 fully saturated rings. The van der Waals surface area contributed by atoms with Crippen LogP contribution >= 0.6 is 0 Å². The molecule has 20 heavy (non-hydrogen) atoms. The molecule has 1 aromatic carbocycles. The van der Waals surface area contributed by atoms with Crippen molar-refractivity contribution in [3.63, 3.8) is 0 Å². The van der Waals surface area contributed by atoms with Crippen molar-refractivity contribution in [2.45, 2.75) is 46.2 Å². The van der Waals surface area contributed by atoms with Crippen LogP contribution in [-0.4, -0.2) is 29.9 Å². The van der Waals surface area contributed by atoms with Gasteiger partial charge < -0.3 is 10.2 Å². The Kier molecular flexibility index (Phi) is 4.76. The molecule has 1 atom stereocenters. The lowest BCUT2D eigenvalue weighted by Crippen LogP contribution is -2.50. The predicted octanol–water partition coefficient (Wildman–Crippen LogP) is 2.54. The minimum atomic E-state index is -0.149. The molecule has 1 aromatic rings. The Hall–Kier alpha value is -1.42. The second kappa shape index (κ2) is 6.35. The van der Waals surface area contributed by atoms with Crippen LogP contribution in [0.1, 0.15) is 36.5 Å². The molecule has 3 nitrogen and oxygen atoms in total. The zero-order chi connectivity index (χ0) is 14.7. The van der Waals surface area contributed by atoms with Crippen LogP contribution in [0.3, 0.4) is 0 Å². The van der Waals surface area contributed by atoms with E-state index < -0.39 is 0 Å². The zero-order valence-electron chi connectivity index (χ0n) is 12.5. The van der Waals surface area contributed by atoms with E-state index in [-0.39, 0.29) is 17.8 Å². The molecule has 1 saturated heterocycles. The molecule has 0 aromatic heterocycles. The van der Waals surface area contributed by atoms with Crippen LogP contribution in [-0.2, 0) is 11.3 Å². The van der Waals surface area contributed by atoms with Crippen LogP contribution in [0.5, 0.6) is 0 Å². The van der Waals surface area contributed by atoms with Crippen molar-refractivity contribution in [2.75, 3.05) is 13.1 Å². The highest BCUT2D eigenvalue weighted by Gasteiger charge is 2.27. The van der Waals surface area contributed by atoms with Crippen molar-refractivity contribution < 1.29 is 9.18 Å². The maximum absolute atomic E-state index is 13.6. The first-order valence-electron chi connectivity index (χ1n) is 7.30. The zero-order valence-corrected chi connectivity index (χ0v) is 12.5. The molecule has 0 bridgehead atoms. The van der Waals surface area contributed by atoms with Gasteiger partial charge in [0.1, 0.15) is 5.82 Å². The molecule has 0 aliphatic carbocycles. The third kappa shape index (κ3) is 3.18. The van der Waals surface area contributed by atoms with E-state index in [2.05, 4.69) is 5.32 Å². The van der Waals surface area contributed by atoms with Gasteiger partial charge in [-0.3, -0.25) is 4.79 Å². The number of hydrogen-bond acceptors (Lipinski definition) is 2. The van der Waals surface area contributed by atoms with Crippen molar-refractivity contribution >= 4 is 5.91 Å². The Bertz CT molecular complexity index is 476. The lowest BCUT2D eigenvalue weighted by atomic mass is 10.0. The molecule has 1 N–H and O–H groups in total. The highest BCUT2D eigenvalue weighted by molar-refractivity contribution is 5.82. The monoisotopic (exact) mass is 278 g/mol. The number of nitrogens with zero attached hydrogens (tertiary/aromatic N) is 1. The number of rotatable bonds is 4. The van der Waals surface area contributed by atoms with E-state index in [1.807, 2.05) is 24.0 Å². The third-order valence-corrected chi connectivity index (χ3v) is 3.85. The molecule has 1 unspecified atom stereocenters. The fourth-order valence-corrected chi connectivity index (χ4v) is 2.88. The minimum absolute atomic E-state index is 0.0589. The van der Waals surface area contributed by atoms with E-state index in [0.29, 0.717) is 17.7 Å². The molecule has 0 radical (unpaired) electrons. The Morgan fingerprint density at radius 3 is 2.60 bits per heavy atom. The SMILES string of the molecule is CCNC1CCCN(Cc2cc(C)c(F)c(C)c2)C1=O. The second-order valence-electron chi connectivity index (χ2n) is 5.56. The average Bonchev–Trinajstić information content (AvgIpc) is 2.41. The lowest BCUT2D eigenvalue weighted by molar-refractivity contribution is -0.136. The van der Waals surface area contributed by atoms with Gasteiger partial charge in [0.25, 0.3) is 0 Å². The number of likely N-dealkylation sites (N-methyl/N-ethyl adjacent to an activating group) is 1. The number of carbonyl (C=O) groups is 1. The van der Waals surface area contributed by atoms with Gasteiger partial charge in [0, 0.05) is 13.1 Å². The Morgan fingerprint density at radius 2 is 2.00 bits per heavy atom. The summed E-state index contributed by atoms with van der Waals surface area (Å²) in [5.74, 6) is 0.0157. The van der Waals surface area contributed by atoms with Gasteiger partial charge in [-0.15, -0.1) is 0 Å². The van der Waals surface area contributed by atoms with Gasteiger partial charge in [0.05, 0.1) is 6.04 Å². The van der Waals surface area contributed by atoms with Crippen LogP contribution in [0, 0.1) is 19.7 Å². The highest BCUT2D eigenvalue weighted by atomic mass is 19.1. The molecule has 1 aliphatic heterocycles. The molecule has 1 aliphatic rings. The summed E-state index contributed by atoms with van der Waals surface area (Å²) in [7, 11) is 0. The number of piperidine rings is 1. The first-order chi connectivity index (χ1) is 9.52. The third-order valence-electron chi connectivity index (χ3n) is 3.85. The Labute approximate surface area is 120 Å². The molecular formula is C16H23FN2O. The Morgan fingerprint density at radius 1 is 1.35 bits per heavy atom. The quantitative estimate of drug-likeness (QED) is 0.918. The van der Waals surface area contributed by atoms with E-state index >= 15 is 0 Å². The molecule has 110 valence electrons. The fourth-order valence-electron chi connectivity index (χ4n) is 2.88. The standard InChI is InChI=1S/C16H23FN2O/c1-4-18-14-6-5-7-19(16(14)20)10-13-8-11(2)15(17)12(3)9-13/h8-9,14,18H,4-7,10H2,1-3H3.